The van der Waals surface area contributed by atoms with Crippen LogP contribution in [0, 0.1) is 5.92 Å². The van der Waals surface area contributed by atoms with Crippen molar-refractivity contribution in [1.29, 1.82) is 0 Å². The van der Waals surface area contributed by atoms with E-state index in [1.54, 1.807) is 11.9 Å². The van der Waals surface area contributed by atoms with Crippen molar-refractivity contribution in [1.82, 2.24) is 9.80 Å². The number of likely N-dealkylation sites (tertiary alicyclic amines) is 1. The standard InChI is InChI=1S/C19H26N2O5.ClH/c1-13(21-9-7-14(8-10-21)19(23)24)18(22)20(2)11-15-12-25-16-5-3-4-6-17(16)26-15;/h3-6,13-15H,7-12H2,1-2H3,(H,23,24);1H. The zero-order valence-corrected chi connectivity index (χ0v) is 16.5. The van der Waals surface area contributed by atoms with E-state index in [1.807, 2.05) is 31.2 Å². The molecule has 1 amide bonds. The molecule has 0 aromatic heterocycles. The minimum atomic E-state index is -0.740. The molecule has 1 aromatic rings. The van der Waals surface area contributed by atoms with Crippen LogP contribution in [0.15, 0.2) is 24.3 Å². The number of piperidine rings is 1. The normalized spacial score (nSPS) is 21.0. The van der Waals surface area contributed by atoms with Crippen LogP contribution in [0.25, 0.3) is 0 Å². The number of carboxylic acids is 1. The first kappa shape index (κ1) is 21.3. The molecule has 8 heteroatoms. The number of benzene rings is 1. The van der Waals surface area contributed by atoms with Gasteiger partial charge in [-0.3, -0.25) is 14.5 Å². The number of carboxylic acid groups (broad SMARTS) is 1. The predicted octanol–water partition coefficient (Wildman–Crippen LogP) is 1.89. The molecule has 1 fully saturated rings. The average Bonchev–Trinajstić information content (AvgIpc) is 2.66. The van der Waals surface area contributed by atoms with Gasteiger partial charge in [-0.2, -0.15) is 0 Å². The SMILES string of the molecule is CC(C(=O)N(C)CC1COc2ccccc2O1)N1CCC(C(=O)O)CC1.Cl. The van der Waals surface area contributed by atoms with Crippen molar-refractivity contribution in [3.63, 3.8) is 0 Å². The Balaban J connectivity index is 0.00000261. The minimum Gasteiger partial charge on any atom is -0.486 e. The van der Waals surface area contributed by atoms with Crippen molar-refractivity contribution in [2.75, 3.05) is 33.3 Å². The second-order valence-electron chi connectivity index (χ2n) is 7.04. The molecule has 150 valence electrons. The lowest BCUT2D eigenvalue weighted by Crippen LogP contribution is -2.51. The number of fused-ring (bicyclic) bond motifs is 1. The zero-order valence-electron chi connectivity index (χ0n) is 15.7. The largest absolute Gasteiger partial charge is 0.486 e. The number of ether oxygens (including phenoxy) is 2. The lowest BCUT2D eigenvalue weighted by molar-refractivity contribution is -0.144. The van der Waals surface area contributed by atoms with Crippen molar-refractivity contribution in [2.24, 2.45) is 5.92 Å². The molecule has 0 spiro atoms. The van der Waals surface area contributed by atoms with Gasteiger partial charge in [-0.15, -0.1) is 12.4 Å². The maximum atomic E-state index is 12.7. The smallest absolute Gasteiger partial charge is 0.306 e. The molecule has 0 aliphatic carbocycles. The Kier molecular flexibility index (Phi) is 7.33. The van der Waals surface area contributed by atoms with E-state index in [9.17, 15) is 9.59 Å². The summed E-state index contributed by atoms with van der Waals surface area (Å²) in [6.45, 7) is 4.01. The highest BCUT2D eigenvalue weighted by molar-refractivity contribution is 5.85. The first-order chi connectivity index (χ1) is 12.5. The summed E-state index contributed by atoms with van der Waals surface area (Å²) in [6, 6.07) is 7.24. The van der Waals surface area contributed by atoms with Crippen LogP contribution in [-0.2, 0) is 9.59 Å². The molecule has 27 heavy (non-hydrogen) atoms. The van der Waals surface area contributed by atoms with Gasteiger partial charge in [0.1, 0.15) is 6.61 Å². The fourth-order valence-electron chi connectivity index (χ4n) is 3.56. The maximum Gasteiger partial charge on any atom is 0.306 e. The number of hydrogen-bond acceptors (Lipinski definition) is 5. The number of halogens is 1. The van der Waals surface area contributed by atoms with Gasteiger partial charge in [0.15, 0.2) is 17.6 Å². The van der Waals surface area contributed by atoms with Gasteiger partial charge in [0, 0.05) is 7.05 Å². The summed E-state index contributed by atoms with van der Waals surface area (Å²) in [5.74, 6) is 0.414. The van der Waals surface area contributed by atoms with E-state index in [2.05, 4.69) is 4.90 Å². The van der Waals surface area contributed by atoms with E-state index < -0.39 is 5.97 Å². The van der Waals surface area contributed by atoms with Gasteiger partial charge in [-0.25, -0.2) is 0 Å². The first-order valence-corrected chi connectivity index (χ1v) is 9.06. The number of carbonyl (C=O) groups excluding carboxylic acids is 1. The fraction of sp³-hybridized carbons (Fsp3) is 0.579. The van der Waals surface area contributed by atoms with Gasteiger partial charge < -0.3 is 19.5 Å². The van der Waals surface area contributed by atoms with Crippen molar-refractivity contribution >= 4 is 24.3 Å². The molecule has 2 atom stereocenters. The molecule has 3 rings (SSSR count). The molecule has 2 heterocycles. The highest BCUT2D eigenvalue weighted by Crippen LogP contribution is 2.31. The first-order valence-electron chi connectivity index (χ1n) is 9.06. The Bertz CT molecular complexity index is 663. The van der Waals surface area contributed by atoms with Crippen LogP contribution < -0.4 is 9.47 Å². The van der Waals surface area contributed by atoms with Gasteiger partial charge in [0.2, 0.25) is 5.91 Å². The van der Waals surface area contributed by atoms with Gasteiger partial charge in [0.25, 0.3) is 0 Å². The molecule has 0 radical (unpaired) electrons. The van der Waals surface area contributed by atoms with Crippen LogP contribution in [0.4, 0.5) is 0 Å². The number of carbonyl (C=O) groups is 2. The van der Waals surface area contributed by atoms with E-state index in [0.29, 0.717) is 44.8 Å². The molecule has 7 nitrogen and oxygen atoms in total. The van der Waals surface area contributed by atoms with Gasteiger partial charge in [-0.1, -0.05) is 12.1 Å². The molecule has 1 N–H and O–H groups in total. The number of aliphatic carboxylic acids is 1. The molecule has 2 aliphatic heterocycles. The molecule has 1 saturated heterocycles. The Morgan fingerprint density at radius 3 is 2.52 bits per heavy atom. The lowest BCUT2D eigenvalue weighted by atomic mass is 9.96. The van der Waals surface area contributed by atoms with Crippen LogP contribution in [0.3, 0.4) is 0 Å². The third-order valence-electron chi connectivity index (χ3n) is 5.21. The molecule has 2 unspecified atom stereocenters. The summed E-state index contributed by atoms with van der Waals surface area (Å²) >= 11 is 0. The second kappa shape index (κ2) is 9.28. The maximum absolute atomic E-state index is 12.7. The number of nitrogens with zero attached hydrogens (tertiary/aromatic N) is 2. The minimum absolute atomic E-state index is 0. The molecule has 2 aliphatic rings. The van der Waals surface area contributed by atoms with E-state index >= 15 is 0 Å². The third-order valence-corrected chi connectivity index (χ3v) is 5.21. The fourth-order valence-corrected chi connectivity index (χ4v) is 3.56. The topological polar surface area (TPSA) is 79.3 Å². The second-order valence-corrected chi connectivity index (χ2v) is 7.04. The van der Waals surface area contributed by atoms with Crippen molar-refractivity contribution < 1.29 is 24.2 Å². The average molecular weight is 399 g/mol. The molecular formula is C19H27ClN2O5. The van der Waals surface area contributed by atoms with E-state index in [-0.39, 0.29) is 36.4 Å². The number of likely N-dealkylation sites (N-methyl/N-ethyl adjacent to an activating group) is 1. The summed E-state index contributed by atoms with van der Waals surface area (Å²) in [5.41, 5.74) is 0. The summed E-state index contributed by atoms with van der Waals surface area (Å²) in [6.07, 6.45) is 0.976. The molecule has 0 saturated carbocycles. The van der Waals surface area contributed by atoms with Crippen molar-refractivity contribution in [2.45, 2.75) is 31.9 Å². The Labute approximate surface area is 165 Å². The zero-order chi connectivity index (χ0) is 18.7. The number of amides is 1. The summed E-state index contributed by atoms with van der Waals surface area (Å²) < 4.78 is 11.6. The van der Waals surface area contributed by atoms with Crippen LogP contribution in [0.5, 0.6) is 11.5 Å². The molecule has 0 bridgehead atoms. The van der Waals surface area contributed by atoms with E-state index in [4.69, 9.17) is 14.6 Å². The van der Waals surface area contributed by atoms with Gasteiger partial charge in [-0.05, 0) is 45.0 Å². The summed E-state index contributed by atoms with van der Waals surface area (Å²) in [4.78, 5) is 27.5. The van der Waals surface area contributed by atoms with E-state index in [1.165, 1.54) is 0 Å². The Morgan fingerprint density at radius 1 is 1.26 bits per heavy atom. The predicted molar refractivity (Wildman–Crippen MR) is 103 cm³/mol. The number of hydrogen-bond donors (Lipinski definition) is 1. The third kappa shape index (κ3) is 5.05. The Morgan fingerprint density at radius 2 is 1.89 bits per heavy atom. The van der Waals surface area contributed by atoms with E-state index in [0.717, 1.165) is 5.75 Å². The van der Waals surface area contributed by atoms with Crippen LogP contribution in [-0.4, -0.2) is 72.2 Å². The van der Waals surface area contributed by atoms with Crippen LogP contribution >= 0.6 is 12.4 Å². The highest BCUT2D eigenvalue weighted by Gasteiger charge is 2.32. The summed E-state index contributed by atoms with van der Waals surface area (Å²) in [5, 5.41) is 9.09. The Hall–Kier alpha value is -1.99. The van der Waals surface area contributed by atoms with Gasteiger partial charge >= 0.3 is 5.97 Å². The number of rotatable bonds is 5. The monoisotopic (exact) mass is 398 g/mol. The van der Waals surface area contributed by atoms with Crippen molar-refractivity contribution in [3.05, 3.63) is 24.3 Å². The summed E-state index contributed by atoms with van der Waals surface area (Å²) in [7, 11) is 1.77. The number of para-hydroxylation sites is 2. The van der Waals surface area contributed by atoms with Crippen molar-refractivity contribution in [3.8, 4) is 11.5 Å². The van der Waals surface area contributed by atoms with Gasteiger partial charge in [0.05, 0.1) is 18.5 Å². The van der Waals surface area contributed by atoms with Crippen LogP contribution in [0.2, 0.25) is 0 Å². The highest BCUT2D eigenvalue weighted by atomic mass is 35.5. The van der Waals surface area contributed by atoms with Crippen LogP contribution in [0.1, 0.15) is 19.8 Å². The molecule has 1 aromatic carbocycles. The lowest BCUT2D eigenvalue weighted by Gasteiger charge is -2.36. The quantitative estimate of drug-likeness (QED) is 0.816. The molecular weight excluding hydrogens is 372 g/mol.